The molecule has 2 aromatic carbocycles. The van der Waals surface area contributed by atoms with E-state index >= 15 is 0 Å². The Bertz CT molecular complexity index is 1150. The number of benzene rings is 2. The van der Waals surface area contributed by atoms with Crippen LogP contribution in [0.15, 0.2) is 60.2 Å². The Morgan fingerprint density at radius 1 is 1.14 bits per heavy atom. The van der Waals surface area contributed by atoms with Crippen molar-refractivity contribution >= 4 is 11.8 Å². The van der Waals surface area contributed by atoms with Gasteiger partial charge in [0.1, 0.15) is 23.8 Å². The average molecular weight is 481 g/mol. The Morgan fingerprint density at radius 3 is 2.69 bits per heavy atom. The third kappa shape index (κ3) is 4.68. The molecular weight excluding hydrogens is 451 g/mol. The second-order valence-corrected chi connectivity index (χ2v) is 9.37. The van der Waals surface area contributed by atoms with Gasteiger partial charge in [-0.2, -0.15) is 0 Å². The van der Waals surface area contributed by atoms with E-state index < -0.39 is 24.2 Å². The molecule has 2 aliphatic carbocycles. The van der Waals surface area contributed by atoms with Gasteiger partial charge in [-0.15, -0.1) is 0 Å². The lowest BCUT2D eigenvalue weighted by Gasteiger charge is -2.41. The van der Waals surface area contributed by atoms with Crippen molar-refractivity contribution in [2.45, 2.75) is 43.4 Å². The molecule has 1 saturated carbocycles. The fourth-order valence-corrected chi connectivity index (χ4v) is 5.10. The lowest BCUT2D eigenvalue weighted by molar-refractivity contribution is -0.138. The van der Waals surface area contributed by atoms with Crippen LogP contribution in [0.2, 0.25) is 0 Å². The molecule has 3 aliphatic rings. The summed E-state index contributed by atoms with van der Waals surface area (Å²) in [6.45, 7) is 0.159. The maximum atomic E-state index is 13.7. The number of carbonyl (C=O) groups excluding carboxylic acids is 2. The second-order valence-electron chi connectivity index (χ2n) is 9.37. The molecule has 4 unspecified atom stereocenters. The van der Waals surface area contributed by atoms with Gasteiger partial charge in [0.05, 0.1) is 18.6 Å². The molecule has 0 saturated heterocycles. The molecule has 2 aromatic rings. The van der Waals surface area contributed by atoms with Crippen molar-refractivity contribution in [1.82, 2.24) is 10.2 Å². The summed E-state index contributed by atoms with van der Waals surface area (Å²) in [5.41, 5.74) is 1.96. The number of para-hydroxylation sites is 1. The number of carbonyl (C=O) groups is 2. The highest BCUT2D eigenvalue weighted by atomic mass is 19.1. The molecule has 5 rings (SSSR count). The minimum absolute atomic E-state index is 0.0780. The molecule has 184 valence electrons. The number of aliphatic hydroxyl groups is 2. The molecule has 3 N–H and O–H groups in total. The number of hydrogen-bond acceptors (Lipinski definition) is 5. The molecule has 7 nitrogen and oxygen atoms in total. The predicted molar refractivity (Wildman–Crippen MR) is 126 cm³/mol. The van der Waals surface area contributed by atoms with Crippen molar-refractivity contribution in [3.8, 4) is 5.75 Å². The predicted octanol–water partition coefficient (Wildman–Crippen LogP) is 1.93. The molecule has 8 heteroatoms. The zero-order valence-electron chi connectivity index (χ0n) is 19.3. The van der Waals surface area contributed by atoms with Gasteiger partial charge in [0.2, 0.25) is 11.8 Å². The summed E-state index contributed by atoms with van der Waals surface area (Å²) in [6, 6.07) is 12.8. The number of aliphatic hydroxyl groups excluding tert-OH is 2. The number of nitrogens with zero attached hydrogens (tertiary/aromatic N) is 1. The molecule has 0 radical (unpaired) electrons. The first-order valence-electron chi connectivity index (χ1n) is 12.1. The number of fused-ring (bicyclic) bond motifs is 3. The smallest absolute Gasteiger partial charge is 0.247 e. The van der Waals surface area contributed by atoms with E-state index in [1.165, 1.54) is 12.1 Å². The van der Waals surface area contributed by atoms with Gasteiger partial charge in [-0.3, -0.25) is 9.59 Å². The van der Waals surface area contributed by atoms with Gasteiger partial charge in [-0.1, -0.05) is 30.3 Å². The number of nitrogens with one attached hydrogen (secondary N) is 1. The van der Waals surface area contributed by atoms with E-state index in [9.17, 15) is 24.2 Å². The van der Waals surface area contributed by atoms with Crippen LogP contribution in [0.1, 0.15) is 29.9 Å². The number of amides is 2. The SMILES string of the molecule is O=C(NCCO)C1=CC(N(CCc2cccc(F)c2)C(=O)C2CC2)C(O)C2Oc3ccccc3C12. The lowest BCUT2D eigenvalue weighted by Crippen LogP contribution is -2.56. The molecule has 0 spiro atoms. The number of rotatable bonds is 8. The molecule has 1 heterocycles. The Kier molecular flexibility index (Phi) is 6.58. The Hall–Kier alpha value is -3.23. The molecule has 0 bridgehead atoms. The molecular formula is C27H29FN2O5. The van der Waals surface area contributed by atoms with Crippen LogP contribution in [0.3, 0.4) is 0 Å². The van der Waals surface area contributed by atoms with Gasteiger partial charge in [0.25, 0.3) is 0 Å². The minimum Gasteiger partial charge on any atom is -0.486 e. The van der Waals surface area contributed by atoms with Crippen molar-refractivity contribution in [3.63, 3.8) is 0 Å². The molecule has 35 heavy (non-hydrogen) atoms. The van der Waals surface area contributed by atoms with Crippen molar-refractivity contribution in [1.29, 1.82) is 0 Å². The Labute approximate surface area is 203 Å². The fraction of sp³-hybridized carbons (Fsp3) is 0.407. The minimum atomic E-state index is -1.06. The molecule has 1 aliphatic heterocycles. The lowest BCUT2D eigenvalue weighted by atomic mass is 9.77. The van der Waals surface area contributed by atoms with Gasteiger partial charge in [-0.05, 0) is 49.1 Å². The van der Waals surface area contributed by atoms with Crippen molar-refractivity contribution < 1.29 is 28.9 Å². The third-order valence-corrected chi connectivity index (χ3v) is 6.98. The van der Waals surface area contributed by atoms with Crippen LogP contribution in [0.4, 0.5) is 4.39 Å². The van der Waals surface area contributed by atoms with Crippen LogP contribution in [0.25, 0.3) is 0 Å². The van der Waals surface area contributed by atoms with Gasteiger partial charge >= 0.3 is 0 Å². The van der Waals surface area contributed by atoms with E-state index in [1.54, 1.807) is 29.2 Å². The van der Waals surface area contributed by atoms with Gasteiger partial charge in [0.15, 0.2) is 0 Å². The van der Waals surface area contributed by atoms with E-state index in [0.29, 0.717) is 17.7 Å². The fourth-order valence-electron chi connectivity index (χ4n) is 5.10. The molecule has 4 atom stereocenters. The summed E-state index contributed by atoms with van der Waals surface area (Å²) in [7, 11) is 0. The number of halogens is 1. The van der Waals surface area contributed by atoms with E-state index in [4.69, 9.17) is 4.74 Å². The van der Waals surface area contributed by atoms with Crippen molar-refractivity contribution in [2.24, 2.45) is 5.92 Å². The molecule has 1 fully saturated rings. The van der Waals surface area contributed by atoms with E-state index in [0.717, 1.165) is 24.0 Å². The van der Waals surface area contributed by atoms with Gasteiger partial charge in [0, 0.05) is 30.1 Å². The van der Waals surface area contributed by atoms with Crippen LogP contribution < -0.4 is 10.1 Å². The number of hydrogen-bond donors (Lipinski definition) is 3. The van der Waals surface area contributed by atoms with Crippen LogP contribution in [0, 0.1) is 11.7 Å². The van der Waals surface area contributed by atoms with Gasteiger partial charge < -0.3 is 25.2 Å². The van der Waals surface area contributed by atoms with E-state index in [1.807, 2.05) is 18.2 Å². The maximum Gasteiger partial charge on any atom is 0.247 e. The highest BCUT2D eigenvalue weighted by molar-refractivity contribution is 5.96. The standard InChI is InChI=1S/C27H29FN2O5/c28-18-5-3-4-16(14-18)10-12-30(27(34)17-8-9-17)21-15-20(26(33)29-11-13-31)23-19-6-1-2-7-22(19)35-25(23)24(21)32/h1-7,14-15,17,21,23-25,31-32H,8-13H2,(H,29,33). The van der Waals surface area contributed by atoms with Crippen LogP contribution >= 0.6 is 0 Å². The van der Waals surface area contributed by atoms with E-state index in [2.05, 4.69) is 5.32 Å². The highest BCUT2D eigenvalue weighted by Gasteiger charge is 2.51. The van der Waals surface area contributed by atoms with Gasteiger partial charge in [-0.25, -0.2) is 4.39 Å². The van der Waals surface area contributed by atoms with Crippen LogP contribution in [0.5, 0.6) is 5.75 Å². The maximum absolute atomic E-state index is 13.7. The van der Waals surface area contributed by atoms with Crippen LogP contribution in [-0.4, -0.2) is 64.9 Å². The summed E-state index contributed by atoms with van der Waals surface area (Å²) < 4.78 is 19.8. The summed E-state index contributed by atoms with van der Waals surface area (Å²) in [5.74, 6) is -0.779. The first kappa shape index (κ1) is 23.5. The second kappa shape index (κ2) is 9.79. The van der Waals surface area contributed by atoms with Crippen molar-refractivity contribution in [2.75, 3.05) is 19.7 Å². The summed E-state index contributed by atoms with van der Waals surface area (Å²) in [6.07, 6.45) is 1.88. The average Bonchev–Trinajstić information content (AvgIpc) is 3.64. The van der Waals surface area contributed by atoms with E-state index in [-0.39, 0.29) is 43.2 Å². The quantitative estimate of drug-likeness (QED) is 0.536. The first-order chi connectivity index (χ1) is 17.0. The highest BCUT2D eigenvalue weighted by Crippen LogP contribution is 2.47. The Balaban J connectivity index is 1.49. The molecule has 2 amide bonds. The number of ether oxygens (including phenoxy) is 1. The normalized spacial score (nSPS) is 24.6. The first-order valence-corrected chi connectivity index (χ1v) is 12.1. The zero-order valence-corrected chi connectivity index (χ0v) is 19.3. The monoisotopic (exact) mass is 480 g/mol. The zero-order chi connectivity index (χ0) is 24.5. The summed E-state index contributed by atoms with van der Waals surface area (Å²) in [5, 5.41) is 23.4. The third-order valence-electron chi connectivity index (χ3n) is 6.98. The van der Waals surface area contributed by atoms with Crippen molar-refractivity contribution in [3.05, 3.63) is 77.1 Å². The van der Waals surface area contributed by atoms with Crippen LogP contribution in [-0.2, 0) is 16.0 Å². The largest absolute Gasteiger partial charge is 0.486 e. The molecule has 0 aromatic heterocycles. The summed E-state index contributed by atoms with van der Waals surface area (Å²) in [4.78, 5) is 28.1. The Morgan fingerprint density at radius 2 is 1.94 bits per heavy atom. The summed E-state index contributed by atoms with van der Waals surface area (Å²) >= 11 is 0. The topological polar surface area (TPSA) is 99.1 Å².